The highest BCUT2D eigenvalue weighted by Gasteiger charge is 2.34. The number of carbonyl (C=O) groups is 1. The van der Waals surface area contributed by atoms with Gasteiger partial charge in [-0.2, -0.15) is 0 Å². The van der Waals surface area contributed by atoms with Crippen molar-refractivity contribution in [3.8, 4) is 17.2 Å². The molecule has 4 rings (SSSR count). The van der Waals surface area contributed by atoms with Gasteiger partial charge in [0.1, 0.15) is 22.2 Å². The van der Waals surface area contributed by atoms with Gasteiger partial charge in [0.15, 0.2) is 0 Å². The first-order valence-electron chi connectivity index (χ1n) is 12.1. The molecule has 1 aromatic heterocycles. The second-order valence-electron chi connectivity index (χ2n) is 10.0. The van der Waals surface area contributed by atoms with Gasteiger partial charge < -0.3 is 19.5 Å². The maximum Gasteiger partial charge on any atom is 0.259 e. The van der Waals surface area contributed by atoms with Crippen molar-refractivity contribution in [3.05, 3.63) is 64.0 Å². The molecule has 1 N–H and O–H groups in total. The van der Waals surface area contributed by atoms with Gasteiger partial charge in [-0.1, -0.05) is 32.9 Å². The lowest BCUT2D eigenvalue weighted by molar-refractivity contribution is 0.102. The summed E-state index contributed by atoms with van der Waals surface area (Å²) in [6.07, 6.45) is 4.67. The number of carbonyl (C=O) groups excluding carboxylic acids is 1. The number of ether oxygens (including phenoxy) is 3. The summed E-state index contributed by atoms with van der Waals surface area (Å²) in [7, 11) is 4.82. The highest BCUT2D eigenvalue weighted by atomic mass is 32.1. The number of rotatable bonds is 7. The molecule has 0 radical (unpaired) electrons. The van der Waals surface area contributed by atoms with E-state index in [1.54, 1.807) is 57.1 Å². The van der Waals surface area contributed by atoms with E-state index in [4.69, 9.17) is 19.2 Å². The summed E-state index contributed by atoms with van der Waals surface area (Å²) in [6, 6.07) is 13.1. The van der Waals surface area contributed by atoms with Gasteiger partial charge >= 0.3 is 0 Å². The zero-order valence-corrected chi connectivity index (χ0v) is 22.6. The molecular weight excluding hydrogens is 472 g/mol. The number of amides is 1. The topological polar surface area (TPSA) is 69.2 Å². The van der Waals surface area contributed by atoms with Gasteiger partial charge in [-0.15, -0.1) is 11.3 Å². The number of aliphatic imine (C=N–C) groups is 1. The maximum atomic E-state index is 13.7. The Balaban J connectivity index is 1.73. The lowest BCUT2D eigenvalue weighted by Gasteiger charge is -2.33. The first-order valence-corrected chi connectivity index (χ1v) is 12.9. The SMILES string of the molecule is COc1cccc(/C=N/c2sc3c(c2C(=O)Nc2cc(OC)ccc2OC)CCC(C(C)(C)C)C3)c1. The summed E-state index contributed by atoms with van der Waals surface area (Å²) < 4.78 is 16.2. The lowest BCUT2D eigenvalue weighted by Crippen LogP contribution is -2.27. The van der Waals surface area contributed by atoms with Crippen LogP contribution in [0.15, 0.2) is 47.5 Å². The third-order valence-electron chi connectivity index (χ3n) is 6.78. The lowest BCUT2D eigenvalue weighted by atomic mass is 9.72. The van der Waals surface area contributed by atoms with Gasteiger partial charge in [-0.05, 0) is 66.0 Å². The molecular formula is C29H34N2O4S. The van der Waals surface area contributed by atoms with Crippen LogP contribution in [0.1, 0.15) is 53.6 Å². The number of hydrogen-bond donors (Lipinski definition) is 1. The minimum absolute atomic E-state index is 0.189. The standard InChI is InChI=1S/C29H34N2O4S/c1-29(2,3)19-10-12-22-25(15-19)36-28(30-17-18-8-7-9-20(14-18)33-4)26(22)27(32)31-23-16-21(34-5)11-13-24(23)35-6/h7-9,11,13-14,16-17,19H,10,12,15H2,1-6H3,(H,31,32)/b30-17+. The first kappa shape index (κ1) is 25.8. The van der Waals surface area contributed by atoms with Crippen LogP contribution in [0.3, 0.4) is 0 Å². The molecule has 3 aromatic rings. The molecule has 1 aliphatic carbocycles. The van der Waals surface area contributed by atoms with E-state index in [0.29, 0.717) is 28.7 Å². The number of nitrogens with one attached hydrogen (secondary N) is 1. The molecule has 2 aromatic carbocycles. The van der Waals surface area contributed by atoms with Crippen molar-refractivity contribution in [2.75, 3.05) is 26.6 Å². The molecule has 0 fully saturated rings. The van der Waals surface area contributed by atoms with Crippen molar-refractivity contribution in [3.63, 3.8) is 0 Å². The molecule has 1 atom stereocenters. The van der Waals surface area contributed by atoms with E-state index in [9.17, 15) is 4.79 Å². The van der Waals surface area contributed by atoms with Crippen molar-refractivity contribution in [2.24, 2.45) is 16.3 Å². The van der Waals surface area contributed by atoms with Gasteiger partial charge in [-0.3, -0.25) is 4.79 Å². The van der Waals surface area contributed by atoms with Gasteiger partial charge in [0.2, 0.25) is 0 Å². The van der Waals surface area contributed by atoms with Crippen LogP contribution in [0.4, 0.5) is 10.7 Å². The highest BCUT2D eigenvalue weighted by Crippen LogP contribution is 2.45. The van der Waals surface area contributed by atoms with Crippen LogP contribution in [-0.4, -0.2) is 33.5 Å². The van der Waals surface area contributed by atoms with Gasteiger partial charge in [-0.25, -0.2) is 4.99 Å². The van der Waals surface area contributed by atoms with Crippen LogP contribution < -0.4 is 19.5 Å². The summed E-state index contributed by atoms with van der Waals surface area (Å²) in [6.45, 7) is 6.88. The van der Waals surface area contributed by atoms with E-state index >= 15 is 0 Å². The van der Waals surface area contributed by atoms with E-state index < -0.39 is 0 Å². The van der Waals surface area contributed by atoms with Crippen molar-refractivity contribution in [2.45, 2.75) is 40.0 Å². The Kier molecular flexibility index (Phi) is 7.69. The van der Waals surface area contributed by atoms with Crippen LogP contribution >= 0.6 is 11.3 Å². The predicted octanol–water partition coefficient (Wildman–Crippen LogP) is 6.93. The van der Waals surface area contributed by atoms with Gasteiger partial charge in [0.25, 0.3) is 5.91 Å². The van der Waals surface area contributed by atoms with E-state index in [1.807, 2.05) is 24.3 Å². The first-order chi connectivity index (χ1) is 17.2. The third-order valence-corrected chi connectivity index (χ3v) is 7.94. The number of nitrogens with zero attached hydrogens (tertiary/aromatic N) is 1. The summed E-state index contributed by atoms with van der Waals surface area (Å²) in [5.74, 6) is 2.35. The fourth-order valence-corrected chi connectivity index (χ4v) is 5.86. The molecule has 6 nitrogen and oxygen atoms in total. The Morgan fingerprint density at radius 2 is 1.81 bits per heavy atom. The summed E-state index contributed by atoms with van der Waals surface area (Å²) in [4.78, 5) is 19.8. The third kappa shape index (κ3) is 5.57. The minimum atomic E-state index is -0.189. The Hall–Kier alpha value is -3.32. The Morgan fingerprint density at radius 1 is 1.06 bits per heavy atom. The Morgan fingerprint density at radius 3 is 2.50 bits per heavy atom. The number of fused-ring (bicyclic) bond motifs is 1. The van der Waals surface area contributed by atoms with E-state index in [1.165, 1.54) is 4.88 Å². The molecule has 0 aliphatic heterocycles. The van der Waals surface area contributed by atoms with Gasteiger partial charge in [0.05, 0.1) is 32.6 Å². The zero-order chi connectivity index (χ0) is 25.9. The largest absolute Gasteiger partial charge is 0.497 e. The average molecular weight is 507 g/mol. The van der Waals surface area contributed by atoms with Crippen LogP contribution in [-0.2, 0) is 12.8 Å². The van der Waals surface area contributed by atoms with Crippen LogP contribution in [0.2, 0.25) is 0 Å². The Bertz CT molecular complexity index is 1270. The van der Waals surface area contributed by atoms with E-state index in [2.05, 4.69) is 26.1 Å². The molecule has 190 valence electrons. The van der Waals surface area contributed by atoms with Crippen molar-refractivity contribution >= 4 is 34.1 Å². The molecule has 1 amide bonds. The fraction of sp³-hybridized carbons (Fsp3) is 0.379. The van der Waals surface area contributed by atoms with E-state index in [0.717, 1.165) is 41.1 Å². The minimum Gasteiger partial charge on any atom is -0.497 e. The molecule has 36 heavy (non-hydrogen) atoms. The second-order valence-corrected chi connectivity index (χ2v) is 11.1. The summed E-state index contributed by atoms with van der Waals surface area (Å²) in [5.41, 5.74) is 3.44. The number of thiophene rings is 1. The molecule has 1 unspecified atom stereocenters. The normalized spacial score (nSPS) is 15.4. The number of methoxy groups -OCH3 is 3. The molecule has 0 bridgehead atoms. The predicted molar refractivity (Wildman–Crippen MR) is 147 cm³/mol. The molecule has 1 heterocycles. The molecule has 7 heteroatoms. The van der Waals surface area contributed by atoms with Crippen molar-refractivity contribution < 1.29 is 19.0 Å². The zero-order valence-electron chi connectivity index (χ0n) is 21.8. The van der Waals surface area contributed by atoms with Crippen molar-refractivity contribution in [1.29, 1.82) is 0 Å². The number of hydrogen-bond acceptors (Lipinski definition) is 6. The summed E-state index contributed by atoms with van der Waals surface area (Å²) >= 11 is 1.62. The monoisotopic (exact) mass is 506 g/mol. The fourth-order valence-electron chi connectivity index (χ4n) is 4.59. The highest BCUT2D eigenvalue weighted by molar-refractivity contribution is 7.16. The Labute approximate surface area is 217 Å². The maximum absolute atomic E-state index is 13.7. The van der Waals surface area contributed by atoms with Crippen molar-refractivity contribution in [1.82, 2.24) is 0 Å². The number of benzene rings is 2. The summed E-state index contributed by atoms with van der Waals surface area (Å²) in [5, 5.41) is 3.78. The average Bonchev–Trinajstić information content (AvgIpc) is 3.24. The molecule has 0 spiro atoms. The van der Waals surface area contributed by atoms with Crippen LogP contribution in [0.5, 0.6) is 17.2 Å². The molecule has 0 saturated heterocycles. The van der Waals surface area contributed by atoms with Crippen LogP contribution in [0.25, 0.3) is 0 Å². The quantitative estimate of drug-likeness (QED) is 0.353. The van der Waals surface area contributed by atoms with Gasteiger partial charge in [0, 0.05) is 17.2 Å². The van der Waals surface area contributed by atoms with E-state index in [-0.39, 0.29) is 11.3 Å². The smallest absolute Gasteiger partial charge is 0.259 e. The molecule has 1 aliphatic rings. The number of anilines is 1. The van der Waals surface area contributed by atoms with Crippen LogP contribution in [0, 0.1) is 11.3 Å². The molecule has 0 saturated carbocycles. The second kappa shape index (κ2) is 10.7.